The van der Waals surface area contributed by atoms with Gasteiger partial charge in [-0.2, -0.15) is 0 Å². The molecule has 2 nitrogen and oxygen atoms in total. The van der Waals surface area contributed by atoms with Crippen molar-refractivity contribution in [2.45, 2.75) is 6.54 Å². The SMILES string of the molecule is CN1CC(=O)c2ccc(Br)cc2C1. The first-order chi connectivity index (χ1) is 6.16. The maximum atomic E-state index is 11.6. The molecule has 1 heterocycles. The molecule has 1 aromatic carbocycles. The van der Waals surface area contributed by atoms with Gasteiger partial charge in [0.05, 0.1) is 6.54 Å². The van der Waals surface area contributed by atoms with Gasteiger partial charge in [0, 0.05) is 16.6 Å². The van der Waals surface area contributed by atoms with Crippen molar-refractivity contribution in [3.05, 3.63) is 33.8 Å². The number of hydrogen-bond acceptors (Lipinski definition) is 2. The molecular formula is C10H10BrNO. The van der Waals surface area contributed by atoms with E-state index >= 15 is 0 Å². The minimum Gasteiger partial charge on any atom is -0.295 e. The van der Waals surface area contributed by atoms with Gasteiger partial charge in [0.25, 0.3) is 0 Å². The van der Waals surface area contributed by atoms with E-state index in [1.54, 1.807) is 0 Å². The van der Waals surface area contributed by atoms with Crippen LogP contribution >= 0.6 is 15.9 Å². The van der Waals surface area contributed by atoms with E-state index in [1.165, 1.54) is 0 Å². The lowest BCUT2D eigenvalue weighted by Crippen LogP contribution is -2.31. The van der Waals surface area contributed by atoms with E-state index in [1.807, 2.05) is 30.1 Å². The predicted molar refractivity (Wildman–Crippen MR) is 54.8 cm³/mol. The van der Waals surface area contributed by atoms with E-state index < -0.39 is 0 Å². The zero-order valence-corrected chi connectivity index (χ0v) is 8.97. The molecule has 0 aliphatic carbocycles. The fourth-order valence-electron chi connectivity index (χ4n) is 1.64. The molecule has 68 valence electrons. The summed E-state index contributed by atoms with van der Waals surface area (Å²) >= 11 is 3.40. The number of halogens is 1. The number of fused-ring (bicyclic) bond motifs is 1. The summed E-state index contributed by atoms with van der Waals surface area (Å²) in [5.74, 6) is 0.219. The van der Waals surface area contributed by atoms with Crippen LogP contribution in [0.3, 0.4) is 0 Å². The van der Waals surface area contributed by atoms with Gasteiger partial charge >= 0.3 is 0 Å². The van der Waals surface area contributed by atoms with E-state index in [0.717, 1.165) is 22.1 Å². The molecule has 2 rings (SSSR count). The summed E-state index contributed by atoms with van der Waals surface area (Å²) in [5, 5.41) is 0. The largest absolute Gasteiger partial charge is 0.295 e. The Hall–Kier alpha value is -0.670. The van der Waals surface area contributed by atoms with Crippen LogP contribution in [0.4, 0.5) is 0 Å². The Morgan fingerprint density at radius 3 is 2.92 bits per heavy atom. The molecule has 0 N–H and O–H groups in total. The number of carbonyl (C=O) groups is 1. The molecule has 0 saturated carbocycles. The lowest BCUT2D eigenvalue weighted by molar-refractivity contribution is 0.0923. The highest BCUT2D eigenvalue weighted by Crippen LogP contribution is 2.21. The molecule has 0 atom stereocenters. The monoisotopic (exact) mass is 239 g/mol. The highest BCUT2D eigenvalue weighted by molar-refractivity contribution is 9.10. The van der Waals surface area contributed by atoms with Crippen LogP contribution in [0.5, 0.6) is 0 Å². The minimum atomic E-state index is 0.219. The number of hydrogen-bond donors (Lipinski definition) is 0. The number of ketones is 1. The summed E-state index contributed by atoms with van der Waals surface area (Å²) in [5.41, 5.74) is 1.99. The van der Waals surface area contributed by atoms with Gasteiger partial charge in [0.2, 0.25) is 0 Å². The zero-order chi connectivity index (χ0) is 9.42. The predicted octanol–water partition coefficient (Wildman–Crippen LogP) is 2.08. The minimum absolute atomic E-state index is 0.219. The van der Waals surface area contributed by atoms with Crippen LogP contribution < -0.4 is 0 Å². The third kappa shape index (κ3) is 1.67. The number of benzene rings is 1. The van der Waals surface area contributed by atoms with Crippen LogP contribution in [0.25, 0.3) is 0 Å². The van der Waals surface area contributed by atoms with Crippen LogP contribution in [0, 0.1) is 0 Å². The molecule has 13 heavy (non-hydrogen) atoms. The molecule has 0 fully saturated rings. The summed E-state index contributed by atoms with van der Waals surface area (Å²) in [6.45, 7) is 1.40. The summed E-state index contributed by atoms with van der Waals surface area (Å²) in [7, 11) is 1.96. The van der Waals surface area contributed by atoms with Crippen molar-refractivity contribution >= 4 is 21.7 Å². The van der Waals surface area contributed by atoms with Crippen molar-refractivity contribution in [1.29, 1.82) is 0 Å². The van der Waals surface area contributed by atoms with Gasteiger partial charge < -0.3 is 0 Å². The lowest BCUT2D eigenvalue weighted by Gasteiger charge is -2.23. The van der Waals surface area contributed by atoms with E-state index in [4.69, 9.17) is 0 Å². The van der Waals surface area contributed by atoms with Gasteiger partial charge in [0.1, 0.15) is 0 Å². The van der Waals surface area contributed by atoms with Crippen molar-refractivity contribution in [2.24, 2.45) is 0 Å². The Morgan fingerprint density at radius 1 is 1.38 bits per heavy atom. The maximum Gasteiger partial charge on any atom is 0.177 e. The standard InChI is InChI=1S/C10H10BrNO/c1-12-5-7-4-8(11)2-3-9(7)10(13)6-12/h2-4H,5-6H2,1H3. The molecule has 0 unspecified atom stereocenters. The molecule has 0 amide bonds. The van der Waals surface area contributed by atoms with Crippen LogP contribution in [0.1, 0.15) is 15.9 Å². The van der Waals surface area contributed by atoms with Crippen molar-refractivity contribution in [2.75, 3.05) is 13.6 Å². The topological polar surface area (TPSA) is 20.3 Å². The van der Waals surface area contributed by atoms with Crippen molar-refractivity contribution in [3.63, 3.8) is 0 Å². The first kappa shape index (κ1) is 8.91. The lowest BCUT2D eigenvalue weighted by atomic mass is 9.99. The molecule has 3 heteroatoms. The van der Waals surface area contributed by atoms with Gasteiger partial charge in [-0.1, -0.05) is 15.9 Å². The smallest absolute Gasteiger partial charge is 0.177 e. The summed E-state index contributed by atoms with van der Waals surface area (Å²) in [4.78, 5) is 13.6. The van der Waals surface area contributed by atoms with Crippen LogP contribution in [0.2, 0.25) is 0 Å². The second kappa shape index (κ2) is 3.24. The molecule has 1 aliphatic rings. The quantitative estimate of drug-likeness (QED) is 0.691. The molecular weight excluding hydrogens is 230 g/mol. The molecule has 0 spiro atoms. The van der Waals surface area contributed by atoms with E-state index in [9.17, 15) is 4.79 Å². The first-order valence-electron chi connectivity index (χ1n) is 4.17. The number of carbonyl (C=O) groups excluding carboxylic acids is 1. The average molecular weight is 240 g/mol. The highest BCUT2D eigenvalue weighted by atomic mass is 79.9. The van der Waals surface area contributed by atoms with Gasteiger partial charge in [0.15, 0.2) is 5.78 Å². The second-order valence-corrected chi connectivity index (χ2v) is 4.31. The average Bonchev–Trinajstić information content (AvgIpc) is 2.02. The molecule has 0 radical (unpaired) electrons. The molecule has 0 bridgehead atoms. The molecule has 1 aromatic rings. The van der Waals surface area contributed by atoms with Crippen LogP contribution in [-0.4, -0.2) is 24.3 Å². The Bertz CT molecular complexity index is 362. The van der Waals surface area contributed by atoms with E-state index in [-0.39, 0.29) is 5.78 Å². The zero-order valence-electron chi connectivity index (χ0n) is 7.38. The highest BCUT2D eigenvalue weighted by Gasteiger charge is 2.19. The third-order valence-electron chi connectivity index (χ3n) is 2.22. The Labute approximate surface area is 85.7 Å². The van der Waals surface area contributed by atoms with Crippen molar-refractivity contribution in [3.8, 4) is 0 Å². The van der Waals surface area contributed by atoms with E-state index in [0.29, 0.717) is 6.54 Å². The van der Waals surface area contributed by atoms with Crippen LogP contribution in [-0.2, 0) is 6.54 Å². The second-order valence-electron chi connectivity index (χ2n) is 3.40. The van der Waals surface area contributed by atoms with E-state index in [2.05, 4.69) is 15.9 Å². The Kier molecular flexibility index (Phi) is 2.22. The number of nitrogens with zero attached hydrogens (tertiary/aromatic N) is 1. The van der Waals surface area contributed by atoms with Crippen molar-refractivity contribution < 1.29 is 4.79 Å². The van der Waals surface area contributed by atoms with Gasteiger partial charge in [-0.15, -0.1) is 0 Å². The molecule has 0 saturated heterocycles. The fourth-order valence-corrected chi connectivity index (χ4v) is 2.05. The normalized spacial score (nSPS) is 17.2. The molecule has 1 aliphatic heterocycles. The molecule has 0 aromatic heterocycles. The third-order valence-corrected chi connectivity index (χ3v) is 2.71. The summed E-state index contributed by atoms with van der Waals surface area (Å²) in [6, 6.07) is 5.83. The number of likely N-dealkylation sites (N-methyl/N-ethyl adjacent to an activating group) is 1. The Balaban J connectivity index is 2.49. The summed E-state index contributed by atoms with van der Waals surface area (Å²) in [6.07, 6.45) is 0. The fraction of sp³-hybridized carbons (Fsp3) is 0.300. The summed E-state index contributed by atoms with van der Waals surface area (Å²) < 4.78 is 1.04. The number of rotatable bonds is 0. The van der Waals surface area contributed by atoms with Gasteiger partial charge in [-0.3, -0.25) is 9.69 Å². The van der Waals surface area contributed by atoms with Crippen LogP contribution in [0.15, 0.2) is 22.7 Å². The van der Waals surface area contributed by atoms with Crippen molar-refractivity contribution in [1.82, 2.24) is 4.90 Å². The Morgan fingerprint density at radius 2 is 2.15 bits per heavy atom. The first-order valence-corrected chi connectivity index (χ1v) is 4.96. The number of Topliss-reactive ketones (excluding diaryl/α,β-unsaturated/α-hetero) is 1. The maximum absolute atomic E-state index is 11.6. The van der Waals surface area contributed by atoms with Gasteiger partial charge in [-0.05, 0) is 30.8 Å². The van der Waals surface area contributed by atoms with Gasteiger partial charge in [-0.25, -0.2) is 0 Å².